The summed E-state index contributed by atoms with van der Waals surface area (Å²) in [5.41, 5.74) is 7.13. The highest BCUT2D eigenvalue weighted by atomic mass is 28.3. The van der Waals surface area contributed by atoms with Crippen molar-refractivity contribution in [3.05, 3.63) is 109 Å². The van der Waals surface area contributed by atoms with Crippen LogP contribution in [0.3, 0.4) is 0 Å². The summed E-state index contributed by atoms with van der Waals surface area (Å²) in [6, 6.07) is 37.3. The van der Waals surface area contributed by atoms with Crippen LogP contribution in [-0.2, 0) is 0 Å². The fraction of sp³-hybridized carbons (Fsp3) is 0.100. The van der Waals surface area contributed by atoms with Gasteiger partial charge in [-0.25, -0.2) is 0 Å². The molecule has 4 aromatic carbocycles. The van der Waals surface area contributed by atoms with Crippen molar-refractivity contribution in [1.29, 1.82) is 0 Å². The average molecular weight is 430 g/mol. The molecule has 2 heteroatoms. The van der Waals surface area contributed by atoms with Crippen molar-refractivity contribution in [2.24, 2.45) is 0 Å². The molecular formula is C30H27NSi. The zero-order valence-electron chi connectivity index (χ0n) is 18.8. The van der Waals surface area contributed by atoms with Crippen LogP contribution < -0.4 is 5.19 Å². The number of pyridine rings is 1. The number of aromatic nitrogens is 1. The lowest BCUT2D eigenvalue weighted by molar-refractivity contribution is 1.33. The van der Waals surface area contributed by atoms with Gasteiger partial charge in [0.2, 0.25) is 0 Å². The number of fused-ring (bicyclic) bond motifs is 1. The van der Waals surface area contributed by atoms with Crippen LogP contribution in [0.2, 0.25) is 19.6 Å². The molecule has 0 aliphatic heterocycles. The van der Waals surface area contributed by atoms with Crippen molar-refractivity contribution < 1.29 is 0 Å². The van der Waals surface area contributed by atoms with E-state index in [-0.39, 0.29) is 0 Å². The van der Waals surface area contributed by atoms with Gasteiger partial charge in [0.25, 0.3) is 0 Å². The standard InChI is InChI=1S/C30H27NSi/c1-32(2,3)29-17-15-23(16-18-29)27-14-10-24-9-13-26(20-28(24)21-27)22-7-11-25(12-8-22)30-6-4-5-19-31-30/h4-21H,1-3H3. The Morgan fingerprint density at radius 2 is 1.03 bits per heavy atom. The third-order valence-corrected chi connectivity index (χ3v) is 8.17. The maximum absolute atomic E-state index is 4.45. The van der Waals surface area contributed by atoms with E-state index < -0.39 is 8.07 Å². The van der Waals surface area contributed by atoms with Gasteiger partial charge in [0, 0.05) is 11.8 Å². The summed E-state index contributed by atoms with van der Waals surface area (Å²) in [7, 11) is -1.28. The molecule has 156 valence electrons. The fourth-order valence-electron chi connectivity index (χ4n) is 4.14. The highest BCUT2D eigenvalue weighted by molar-refractivity contribution is 6.88. The molecule has 0 aliphatic rings. The van der Waals surface area contributed by atoms with Crippen LogP contribution in [0.25, 0.3) is 44.3 Å². The maximum atomic E-state index is 4.45. The predicted octanol–water partition coefficient (Wildman–Crippen LogP) is 7.78. The summed E-state index contributed by atoms with van der Waals surface area (Å²) < 4.78 is 0. The molecule has 5 aromatic rings. The maximum Gasteiger partial charge on any atom is 0.0775 e. The Hall–Kier alpha value is -3.49. The normalized spacial score (nSPS) is 11.6. The van der Waals surface area contributed by atoms with Gasteiger partial charge in [-0.15, -0.1) is 0 Å². The molecule has 32 heavy (non-hydrogen) atoms. The first-order chi connectivity index (χ1) is 15.5. The van der Waals surface area contributed by atoms with Crippen molar-refractivity contribution in [1.82, 2.24) is 4.98 Å². The van der Waals surface area contributed by atoms with E-state index >= 15 is 0 Å². The second-order valence-corrected chi connectivity index (χ2v) is 14.5. The zero-order chi connectivity index (χ0) is 22.1. The van der Waals surface area contributed by atoms with Gasteiger partial charge in [-0.05, 0) is 57.3 Å². The first-order valence-corrected chi connectivity index (χ1v) is 14.6. The van der Waals surface area contributed by atoms with Crippen molar-refractivity contribution in [2.75, 3.05) is 0 Å². The largest absolute Gasteiger partial charge is 0.256 e. The van der Waals surface area contributed by atoms with Crippen molar-refractivity contribution in [2.45, 2.75) is 19.6 Å². The summed E-state index contributed by atoms with van der Waals surface area (Å²) in [5, 5.41) is 4.03. The van der Waals surface area contributed by atoms with Gasteiger partial charge in [0.1, 0.15) is 0 Å². The highest BCUT2D eigenvalue weighted by Gasteiger charge is 2.15. The summed E-state index contributed by atoms with van der Waals surface area (Å²) in [6.45, 7) is 7.17. The third kappa shape index (κ3) is 4.14. The molecule has 0 bridgehead atoms. The predicted molar refractivity (Wildman–Crippen MR) is 141 cm³/mol. The molecule has 0 aliphatic carbocycles. The van der Waals surface area contributed by atoms with E-state index in [1.165, 1.54) is 38.2 Å². The van der Waals surface area contributed by atoms with Crippen LogP contribution in [0.15, 0.2) is 109 Å². The quantitative estimate of drug-likeness (QED) is 0.266. The highest BCUT2D eigenvalue weighted by Crippen LogP contribution is 2.29. The number of rotatable bonds is 4. The minimum atomic E-state index is -1.28. The second-order valence-electron chi connectivity index (χ2n) is 9.40. The van der Waals surface area contributed by atoms with Gasteiger partial charge in [-0.3, -0.25) is 4.98 Å². The number of hydrogen-bond donors (Lipinski definition) is 0. The Morgan fingerprint density at radius 1 is 0.500 bits per heavy atom. The van der Waals surface area contributed by atoms with Gasteiger partial charge in [-0.1, -0.05) is 104 Å². The second kappa shape index (κ2) is 8.21. The van der Waals surface area contributed by atoms with E-state index in [0.717, 1.165) is 11.3 Å². The molecule has 0 amide bonds. The molecule has 0 saturated carbocycles. The van der Waals surface area contributed by atoms with Gasteiger partial charge in [-0.2, -0.15) is 0 Å². The molecular weight excluding hydrogens is 402 g/mol. The number of benzene rings is 4. The van der Waals surface area contributed by atoms with Crippen molar-refractivity contribution in [3.8, 4) is 33.5 Å². The van der Waals surface area contributed by atoms with Crippen LogP contribution in [0.5, 0.6) is 0 Å². The Morgan fingerprint density at radius 3 is 1.56 bits per heavy atom. The number of hydrogen-bond acceptors (Lipinski definition) is 1. The van der Waals surface area contributed by atoms with Crippen LogP contribution in [0.1, 0.15) is 0 Å². The van der Waals surface area contributed by atoms with Crippen molar-refractivity contribution in [3.63, 3.8) is 0 Å². The van der Waals surface area contributed by atoms with Crippen LogP contribution in [0.4, 0.5) is 0 Å². The molecule has 0 unspecified atom stereocenters. The van der Waals surface area contributed by atoms with Gasteiger partial charge >= 0.3 is 0 Å². The lowest BCUT2D eigenvalue weighted by Crippen LogP contribution is -2.37. The minimum absolute atomic E-state index is 1.00. The Bertz CT molecular complexity index is 1360. The topological polar surface area (TPSA) is 12.9 Å². The monoisotopic (exact) mass is 429 g/mol. The first-order valence-electron chi connectivity index (χ1n) is 11.1. The molecule has 1 aromatic heterocycles. The molecule has 5 rings (SSSR count). The van der Waals surface area contributed by atoms with E-state index in [4.69, 9.17) is 0 Å². The third-order valence-electron chi connectivity index (χ3n) is 6.10. The van der Waals surface area contributed by atoms with E-state index in [0.29, 0.717) is 0 Å². The Balaban J connectivity index is 1.47. The fourth-order valence-corrected chi connectivity index (χ4v) is 5.30. The van der Waals surface area contributed by atoms with Crippen LogP contribution in [-0.4, -0.2) is 13.1 Å². The van der Waals surface area contributed by atoms with E-state index in [9.17, 15) is 0 Å². The van der Waals surface area contributed by atoms with Gasteiger partial charge < -0.3 is 0 Å². The van der Waals surface area contributed by atoms with Crippen LogP contribution >= 0.6 is 0 Å². The Labute approximate surface area is 191 Å². The van der Waals surface area contributed by atoms with E-state index in [2.05, 4.69) is 110 Å². The molecule has 1 heterocycles. The molecule has 0 saturated heterocycles. The molecule has 0 atom stereocenters. The van der Waals surface area contributed by atoms with Crippen molar-refractivity contribution >= 4 is 24.0 Å². The SMILES string of the molecule is C[Si](C)(C)c1ccc(-c2ccc3ccc(-c4ccc(-c5ccccn5)cc4)cc3c2)cc1. The lowest BCUT2D eigenvalue weighted by atomic mass is 9.97. The summed E-state index contributed by atoms with van der Waals surface area (Å²) in [5.74, 6) is 0. The summed E-state index contributed by atoms with van der Waals surface area (Å²) in [6.07, 6.45) is 1.84. The van der Waals surface area contributed by atoms with Crippen LogP contribution in [0, 0.1) is 0 Å². The molecule has 1 nitrogen and oxygen atoms in total. The smallest absolute Gasteiger partial charge is 0.0775 e. The molecule has 0 N–H and O–H groups in total. The number of nitrogens with zero attached hydrogens (tertiary/aromatic N) is 1. The Kier molecular flexibility index (Phi) is 5.24. The average Bonchev–Trinajstić information content (AvgIpc) is 2.83. The van der Waals surface area contributed by atoms with Gasteiger partial charge in [0.05, 0.1) is 13.8 Å². The lowest BCUT2D eigenvalue weighted by Gasteiger charge is -2.17. The minimum Gasteiger partial charge on any atom is -0.256 e. The van der Waals surface area contributed by atoms with Gasteiger partial charge in [0.15, 0.2) is 0 Å². The molecule has 0 radical (unpaired) electrons. The molecule has 0 fully saturated rings. The first kappa shape index (κ1) is 20.4. The summed E-state index contributed by atoms with van der Waals surface area (Å²) in [4.78, 5) is 4.45. The zero-order valence-corrected chi connectivity index (χ0v) is 19.8. The molecule has 0 spiro atoms. The van der Waals surface area contributed by atoms with E-state index in [1.807, 2.05) is 24.4 Å². The van der Waals surface area contributed by atoms with E-state index in [1.54, 1.807) is 0 Å². The summed E-state index contributed by atoms with van der Waals surface area (Å²) >= 11 is 0.